The van der Waals surface area contributed by atoms with Gasteiger partial charge in [0.1, 0.15) is 17.5 Å². The molecule has 1 aromatic heterocycles. The fraction of sp³-hybridized carbons (Fsp3) is 0.478. The molecule has 4 N–H and O–H groups in total. The fourth-order valence-corrected chi connectivity index (χ4v) is 2.96. The van der Waals surface area contributed by atoms with Crippen LogP contribution < -0.4 is 16.0 Å². The largest absolute Gasteiger partial charge is 0.480 e. The van der Waals surface area contributed by atoms with Crippen molar-refractivity contribution in [2.75, 3.05) is 6.54 Å². The minimum absolute atomic E-state index is 0.250. The summed E-state index contributed by atoms with van der Waals surface area (Å²) in [4.78, 5) is 40.0. The summed E-state index contributed by atoms with van der Waals surface area (Å²) in [5.41, 5.74) is 0.544. The normalized spacial score (nSPS) is 12.1. The van der Waals surface area contributed by atoms with Crippen LogP contribution in [0, 0.1) is 0 Å². The lowest BCUT2D eigenvalue weighted by Gasteiger charge is -2.19. The number of carbonyl (C=O) groups is 3. The van der Waals surface area contributed by atoms with Crippen LogP contribution in [0.2, 0.25) is 0 Å². The van der Waals surface area contributed by atoms with Crippen molar-refractivity contribution in [2.24, 2.45) is 7.05 Å². The van der Waals surface area contributed by atoms with Crippen molar-refractivity contribution in [2.45, 2.75) is 58.3 Å². The highest BCUT2D eigenvalue weighted by atomic mass is 16.6. The lowest BCUT2D eigenvalue weighted by Crippen LogP contribution is -2.41. The van der Waals surface area contributed by atoms with Crippen molar-refractivity contribution < 1.29 is 24.2 Å². The van der Waals surface area contributed by atoms with Crippen molar-refractivity contribution in [3.8, 4) is 0 Å². The SMILES string of the molecule is Cn1ccnc1CNCCC[C@H](NC(=O)c1ccc(CNC(=O)OC(C)(C)C)cc1)C(=O)O. The highest BCUT2D eigenvalue weighted by molar-refractivity contribution is 5.96. The van der Waals surface area contributed by atoms with E-state index in [0.29, 0.717) is 31.5 Å². The van der Waals surface area contributed by atoms with E-state index in [0.717, 1.165) is 11.4 Å². The maximum absolute atomic E-state index is 12.5. The molecule has 0 aliphatic carbocycles. The van der Waals surface area contributed by atoms with Crippen LogP contribution >= 0.6 is 0 Å². The number of imidazole rings is 1. The second kappa shape index (κ2) is 12.0. The Morgan fingerprint density at radius 1 is 1.15 bits per heavy atom. The van der Waals surface area contributed by atoms with Crippen LogP contribution in [0.5, 0.6) is 0 Å². The Bertz CT molecular complexity index is 933. The molecule has 1 heterocycles. The molecule has 1 aromatic carbocycles. The molecule has 0 bridgehead atoms. The number of nitrogens with one attached hydrogen (secondary N) is 3. The number of benzene rings is 1. The van der Waals surface area contributed by atoms with E-state index in [4.69, 9.17) is 4.74 Å². The van der Waals surface area contributed by atoms with Gasteiger partial charge in [-0.05, 0) is 57.9 Å². The van der Waals surface area contributed by atoms with Crippen LogP contribution in [-0.4, -0.2) is 50.8 Å². The van der Waals surface area contributed by atoms with Crippen molar-refractivity contribution in [3.05, 3.63) is 53.6 Å². The number of carbonyl (C=O) groups excluding carboxylic acids is 2. The molecule has 0 spiro atoms. The third-order valence-electron chi connectivity index (χ3n) is 4.71. The predicted molar refractivity (Wildman–Crippen MR) is 123 cm³/mol. The summed E-state index contributed by atoms with van der Waals surface area (Å²) in [7, 11) is 1.91. The van der Waals surface area contributed by atoms with Gasteiger partial charge < -0.3 is 30.4 Å². The van der Waals surface area contributed by atoms with Gasteiger partial charge in [0, 0.05) is 31.5 Å². The Hall–Kier alpha value is -3.40. The van der Waals surface area contributed by atoms with Crippen molar-refractivity contribution in [1.82, 2.24) is 25.5 Å². The zero-order chi connectivity index (χ0) is 24.4. The maximum Gasteiger partial charge on any atom is 0.407 e. The van der Waals surface area contributed by atoms with E-state index in [9.17, 15) is 19.5 Å². The van der Waals surface area contributed by atoms with Gasteiger partial charge in [0.25, 0.3) is 5.91 Å². The maximum atomic E-state index is 12.5. The Labute approximate surface area is 193 Å². The lowest BCUT2D eigenvalue weighted by atomic mass is 10.1. The first-order valence-corrected chi connectivity index (χ1v) is 10.8. The number of aliphatic carboxylic acids is 1. The lowest BCUT2D eigenvalue weighted by molar-refractivity contribution is -0.139. The highest BCUT2D eigenvalue weighted by Crippen LogP contribution is 2.09. The Morgan fingerprint density at radius 3 is 2.42 bits per heavy atom. The molecular weight excluding hydrogens is 426 g/mol. The van der Waals surface area contributed by atoms with Crippen LogP contribution in [0.25, 0.3) is 0 Å². The van der Waals surface area contributed by atoms with Gasteiger partial charge in [0.15, 0.2) is 0 Å². The molecule has 0 unspecified atom stereocenters. The summed E-state index contributed by atoms with van der Waals surface area (Å²) in [5.74, 6) is -0.650. The molecule has 0 fully saturated rings. The summed E-state index contributed by atoms with van der Waals surface area (Å²) < 4.78 is 7.09. The van der Waals surface area contributed by atoms with Gasteiger partial charge in [-0.1, -0.05) is 12.1 Å². The summed E-state index contributed by atoms with van der Waals surface area (Å²) >= 11 is 0. The number of carboxylic acid groups (broad SMARTS) is 1. The third kappa shape index (κ3) is 9.32. The average molecular weight is 460 g/mol. The third-order valence-corrected chi connectivity index (χ3v) is 4.71. The van der Waals surface area contributed by atoms with Gasteiger partial charge in [0.05, 0.1) is 6.54 Å². The smallest absolute Gasteiger partial charge is 0.407 e. The quantitative estimate of drug-likeness (QED) is 0.378. The molecule has 180 valence electrons. The Morgan fingerprint density at radius 2 is 1.85 bits per heavy atom. The Balaban J connectivity index is 1.77. The summed E-state index contributed by atoms with van der Waals surface area (Å²) in [6.45, 7) is 6.78. The molecule has 33 heavy (non-hydrogen) atoms. The number of nitrogens with zero attached hydrogens (tertiary/aromatic N) is 2. The molecule has 1 atom stereocenters. The number of amides is 2. The average Bonchev–Trinajstić information content (AvgIpc) is 3.14. The number of aromatic nitrogens is 2. The van der Waals surface area contributed by atoms with Gasteiger partial charge >= 0.3 is 12.1 Å². The number of carboxylic acids is 1. The summed E-state index contributed by atoms with van der Waals surface area (Å²) in [6.07, 6.45) is 3.93. The molecule has 0 saturated carbocycles. The second-order valence-corrected chi connectivity index (χ2v) is 8.69. The van der Waals surface area contributed by atoms with Gasteiger partial charge in [-0.15, -0.1) is 0 Å². The molecule has 0 aliphatic heterocycles. The van der Waals surface area contributed by atoms with Crippen LogP contribution in [-0.2, 0) is 29.7 Å². The monoisotopic (exact) mass is 459 g/mol. The first kappa shape index (κ1) is 25.9. The summed E-state index contributed by atoms with van der Waals surface area (Å²) in [6, 6.07) is 5.59. The first-order valence-electron chi connectivity index (χ1n) is 10.8. The number of aryl methyl sites for hydroxylation is 1. The van der Waals surface area contributed by atoms with E-state index >= 15 is 0 Å². The molecule has 0 aliphatic rings. The van der Waals surface area contributed by atoms with Crippen molar-refractivity contribution in [3.63, 3.8) is 0 Å². The summed E-state index contributed by atoms with van der Waals surface area (Å²) in [5, 5.41) is 17.9. The van der Waals surface area contributed by atoms with Gasteiger partial charge in [-0.3, -0.25) is 4.79 Å². The molecule has 2 rings (SSSR count). The van der Waals surface area contributed by atoms with Crippen LogP contribution in [0.3, 0.4) is 0 Å². The fourth-order valence-electron chi connectivity index (χ4n) is 2.96. The van der Waals surface area contributed by atoms with Crippen molar-refractivity contribution in [1.29, 1.82) is 0 Å². The first-order chi connectivity index (χ1) is 15.5. The number of hydrogen-bond donors (Lipinski definition) is 4. The van der Waals surface area contributed by atoms with E-state index in [2.05, 4.69) is 20.9 Å². The molecule has 10 nitrogen and oxygen atoms in total. The minimum atomic E-state index is -1.08. The van der Waals surface area contributed by atoms with E-state index in [1.165, 1.54) is 0 Å². The zero-order valence-corrected chi connectivity index (χ0v) is 19.6. The van der Waals surface area contributed by atoms with Crippen LogP contribution in [0.1, 0.15) is 55.4 Å². The number of ether oxygens (including phenoxy) is 1. The minimum Gasteiger partial charge on any atom is -0.480 e. The number of rotatable bonds is 11. The molecule has 10 heteroatoms. The zero-order valence-electron chi connectivity index (χ0n) is 19.6. The van der Waals surface area contributed by atoms with E-state index < -0.39 is 29.6 Å². The highest BCUT2D eigenvalue weighted by Gasteiger charge is 2.20. The molecule has 2 aromatic rings. The van der Waals surface area contributed by atoms with Crippen molar-refractivity contribution >= 4 is 18.0 Å². The second-order valence-electron chi connectivity index (χ2n) is 8.69. The molecule has 2 amide bonds. The topological polar surface area (TPSA) is 135 Å². The standard InChI is InChI=1S/C23H33N5O5/c1-23(2,3)33-22(32)26-14-16-7-9-17(10-8-16)20(29)27-18(21(30)31)6-5-11-24-15-19-25-12-13-28(19)4/h7-10,12-13,18,24H,5-6,11,14-15H2,1-4H3,(H,26,32)(H,27,29)(H,30,31)/t18-/m0/s1. The molecule has 0 saturated heterocycles. The predicted octanol–water partition coefficient (Wildman–Crippen LogP) is 2.20. The van der Waals surface area contributed by atoms with E-state index in [1.54, 1.807) is 51.2 Å². The van der Waals surface area contributed by atoms with Gasteiger partial charge in [-0.2, -0.15) is 0 Å². The van der Waals surface area contributed by atoms with Gasteiger partial charge in [0.2, 0.25) is 0 Å². The van der Waals surface area contributed by atoms with E-state index in [1.807, 2.05) is 17.8 Å². The Kier molecular flexibility index (Phi) is 9.41. The number of alkyl carbamates (subject to hydrolysis) is 1. The van der Waals surface area contributed by atoms with Crippen LogP contribution in [0.4, 0.5) is 4.79 Å². The molecular formula is C23H33N5O5. The van der Waals surface area contributed by atoms with Crippen LogP contribution in [0.15, 0.2) is 36.7 Å². The van der Waals surface area contributed by atoms with E-state index in [-0.39, 0.29) is 6.54 Å². The number of hydrogen-bond acceptors (Lipinski definition) is 6. The molecule has 0 radical (unpaired) electrons. The van der Waals surface area contributed by atoms with Gasteiger partial charge in [-0.25, -0.2) is 14.6 Å².